The van der Waals surface area contributed by atoms with Gasteiger partial charge in [0.15, 0.2) is 0 Å². The molecule has 0 fully saturated rings. The smallest absolute Gasteiger partial charge is 0.426 e. The Hall–Kier alpha value is -3.24. The van der Waals surface area contributed by atoms with Crippen LogP contribution in [0.25, 0.3) is 0 Å². The van der Waals surface area contributed by atoms with Crippen LogP contribution in [0.2, 0.25) is 0 Å². The summed E-state index contributed by atoms with van der Waals surface area (Å²) in [6.45, 7) is 3.16. The minimum Gasteiger partial charge on any atom is -0.426 e. The molecular weight excluding hydrogens is 413 g/mol. The van der Waals surface area contributed by atoms with Crippen molar-refractivity contribution >= 4 is 17.6 Å². The molecule has 162 valence electrons. The molecule has 2 aromatic rings. The van der Waals surface area contributed by atoms with E-state index in [0.717, 1.165) is 12.1 Å². The molecule has 0 aliphatic rings. The molecule has 0 aliphatic heterocycles. The van der Waals surface area contributed by atoms with Crippen LogP contribution in [0, 0.1) is 0 Å². The normalized spacial score (nSPS) is 12.8. The largest absolute Gasteiger partial charge is 0.499 e. The molecule has 1 atom stereocenters. The lowest BCUT2D eigenvalue weighted by atomic mass is 10.1. The zero-order chi connectivity index (χ0) is 22.5. The molecule has 0 unspecified atom stereocenters. The number of benzene rings is 1. The Morgan fingerprint density at radius 3 is 2.47 bits per heavy atom. The van der Waals surface area contributed by atoms with Crippen LogP contribution >= 0.6 is 0 Å². The number of ether oxygens (including phenoxy) is 1. The Labute approximate surface area is 168 Å². The van der Waals surface area contributed by atoms with Crippen LogP contribution in [-0.4, -0.2) is 29.1 Å². The maximum Gasteiger partial charge on any atom is 0.499 e. The van der Waals surface area contributed by atoms with E-state index in [4.69, 9.17) is 0 Å². The van der Waals surface area contributed by atoms with Crippen LogP contribution in [0.4, 0.5) is 27.8 Å². The fraction of sp³-hybridized carbons (Fsp3) is 0.316. The number of hydrogen-bond acceptors (Lipinski definition) is 4. The minimum atomic E-state index is -5.87. The minimum absolute atomic E-state index is 0.166. The molecule has 30 heavy (non-hydrogen) atoms. The lowest BCUT2D eigenvalue weighted by Crippen LogP contribution is -2.41. The number of amides is 2. The molecule has 0 bridgehead atoms. The number of halogens is 5. The van der Waals surface area contributed by atoms with E-state index < -0.39 is 30.0 Å². The molecule has 2 amide bonds. The Morgan fingerprint density at radius 1 is 1.13 bits per heavy atom. The fourth-order valence-electron chi connectivity index (χ4n) is 2.29. The Bertz CT molecular complexity index is 918. The second-order valence-corrected chi connectivity index (χ2v) is 6.22. The van der Waals surface area contributed by atoms with E-state index in [-0.39, 0.29) is 29.3 Å². The average molecular weight is 431 g/mol. The van der Waals surface area contributed by atoms with E-state index in [1.807, 2.05) is 0 Å². The summed E-state index contributed by atoms with van der Waals surface area (Å²) in [5, 5.41) is 5.09. The molecule has 0 radical (unpaired) electrons. The molecule has 0 aliphatic carbocycles. The van der Waals surface area contributed by atoms with Gasteiger partial charge in [-0.1, -0.05) is 19.1 Å². The summed E-state index contributed by atoms with van der Waals surface area (Å²) in [4.78, 5) is 27.8. The summed E-state index contributed by atoms with van der Waals surface area (Å²) in [5.74, 6) is -1.39. The van der Waals surface area contributed by atoms with Crippen molar-refractivity contribution in [2.75, 3.05) is 5.32 Å². The van der Waals surface area contributed by atoms with Gasteiger partial charge in [-0.05, 0) is 36.8 Å². The van der Waals surface area contributed by atoms with Gasteiger partial charge in [0.1, 0.15) is 11.6 Å². The van der Waals surface area contributed by atoms with Crippen LogP contribution in [0.15, 0.2) is 42.6 Å². The van der Waals surface area contributed by atoms with Crippen molar-refractivity contribution in [2.24, 2.45) is 0 Å². The molecule has 0 saturated carbocycles. The van der Waals surface area contributed by atoms with Crippen molar-refractivity contribution in [3.05, 3.63) is 53.7 Å². The second kappa shape index (κ2) is 9.06. The number of anilines is 1. The summed E-state index contributed by atoms with van der Waals surface area (Å²) in [5.41, 5.74) is 0.409. The number of carbonyl (C=O) groups excluding carboxylic acids is 2. The van der Waals surface area contributed by atoms with Crippen molar-refractivity contribution in [3.8, 4) is 5.75 Å². The van der Waals surface area contributed by atoms with Gasteiger partial charge in [-0.25, -0.2) is 4.98 Å². The third-order valence-electron chi connectivity index (χ3n) is 3.89. The van der Waals surface area contributed by atoms with Crippen molar-refractivity contribution in [2.45, 2.75) is 38.6 Å². The van der Waals surface area contributed by atoms with Gasteiger partial charge in [0.05, 0.1) is 6.04 Å². The fourth-order valence-corrected chi connectivity index (χ4v) is 2.29. The summed E-state index contributed by atoms with van der Waals surface area (Å²) in [6.07, 6.45) is -9.68. The molecule has 1 heterocycles. The highest BCUT2D eigenvalue weighted by molar-refractivity contribution is 5.96. The lowest BCUT2D eigenvalue weighted by Gasteiger charge is -2.21. The van der Waals surface area contributed by atoms with Gasteiger partial charge < -0.3 is 15.4 Å². The van der Waals surface area contributed by atoms with Crippen molar-refractivity contribution < 1.29 is 36.3 Å². The number of aromatic nitrogens is 1. The van der Waals surface area contributed by atoms with Gasteiger partial charge in [0.25, 0.3) is 5.91 Å². The van der Waals surface area contributed by atoms with E-state index >= 15 is 0 Å². The highest BCUT2D eigenvalue weighted by Gasteiger charge is 2.61. The first-order chi connectivity index (χ1) is 13.9. The summed E-state index contributed by atoms with van der Waals surface area (Å²) >= 11 is 0. The summed E-state index contributed by atoms with van der Waals surface area (Å²) < 4.78 is 66.9. The molecule has 1 aromatic heterocycles. The predicted molar refractivity (Wildman–Crippen MR) is 97.1 cm³/mol. The molecule has 1 aromatic carbocycles. The van der Waals surface area contributed by atoms with Gasteiger partial charge in [0.2, 0.25) is 5.91 Å². The molecular formula is C19H18F5N3O3. The highest BCUT2D eigenvalue weighted by atomic mass is 19.4. The third-order valence-corrected chi connectivity index (χ3v) is 3.89. The number of hydrogen-bond donors (Lipinski definition) is 2. The van der Waals surface area contributed by atoms with Crippen molar-refractivity contribution in [1.82, 2.24) is 10.3 Å². The quantitative estimate of drug-likeness (QED) is 0.635. The maximum absolute atomic E-state index is 13.1. The van der Waals surface area contributed by atoms with Crippen molar-refractivity contribution in [1.29, 1.82) is 0 Å². The molecule has 11 heteroatoms. The molecule has 6 nitrogen and oxygen atoms in total. The average Bonchev–Trinajstić information content (AvgIpc) is 2.67. The van der Waals surface area contributed by atoms with Gasteiger partial charge in [-0.3, -0.25) is 9.59 Å². The summed E-state index contributed by atoms with van der Waals surface area (Å²) in [6, 6.07) is 6.58. The number of nitrogens with zero attached hydrogens (tertiary/aromatic N) is 1. The van der Waals surface area contributed by atoms with Gasteiger partial charge in [-0.15, -0.1) is 0 Å². The predicted octanol–water partition coefficient (Wildman–Crippen LogP) is 4.46. The molecule has 2 rings (SSSR count). The molecule has 0 saturated heterocycles. The van der Waals surface area contributed by atoms with Crippen LogP contribution in [0.1, 0.15) is 42.2 Å². The molecule has 2 N–H and O–H groups in total. The zero-order valence-corrected chi connectivity index (χ0v) is 15.9. The number of rotatable bonds is 7. The number of carbonyl (C=O) groups is 2. The van der Waals surface area contributed by atoms with E-state index in [0.29, 0.717) is 0 Å². The number of nitrogens with one attached hydrogen (secondary N) is 2. The lowest BCUT2D eigenvalue weighted by molar-refractivity contribution is -0.360. The standard InChI is InChI=1S/C19H18F5N3O3/c1-3-16(28)27-15-10-13(7-8-25-15)17(29)26-11(2)12-5-4-6-14(9-12)30-19(23,24)18(20,21)22/h4-11H,3H2,1-2H3,(H,26,29)(H,25,27,28)/t11-/m1/s1. The van der Waals surface area contributed by atoms with Crippen LogP contribution in [0.3, 0.4) is 0 Å². The first kappa shape index (κ1) is 23.0. The highest BCUT2D eigenvalue weighted by Crippen LogP contribution is 2.37. The van der Waals surface area contributed by atoms with E-state index in [2.05, 4.69) is 20.4 Å². The van der Waals surface area contributed by atoms with E-state index in [1.165, 1.54) is 37.4 Å². The second-order valence-electron chi connectivity index (χ2n) is 6.22. The monoisotopic (exact) mass is 431 g/mol. The Balaban J connectivity index is 2.11. The Morgan fingerprint density at radius 2 is 1.83 bits per heavy atom. The summed E-state index contributed by atoms with van der Waals surface area (Å²) in [7, 11) is 0. The zero-order valence-electron chi connectivity index (χ0n) is 15.9. The topological polar surface area (TPSA) is 80.3 Å². The van der Waals surface area contributed by atoms with Gasteiger partial charge >= 0.3 is 12.3 Å². The maximum atomic E-state index is 13.1. The van der Waals surface area contributed by atoms with Gasteiger partial charge in [-0.2, -0.15) is 22.0 Å². The first-order valence-corrected chi connectivity index (χ1v) is 8.73. The number of pyridine rings is 1. The third kappa shape index (κ3) is 5.88. The van der Waals surface area contributed by atoms with Crippen molar-refractivity contribution in [3.63, 3.8) is 0 Å². The number of alkyl halides is 5. The first-order valence-electron chi connectivity index (χ1n) is 8.73. The van der Waals surface area contributed by atoms with Crippen LogP contribution in [0.5, 0.6) is 5.75 Å². The molecule has 0 spiro atoms. The van der Waals surface area contributed by atoms with Crippen LogP contribution < -0.4 is 15.4 Å². The van der Waals surface area contributed by atoms with Crippen LogP contribution in [-0.2, 0) is 4.79 Å². The Kier molecular flexibility index (Phi) is 6.96. The van der Waals surface area contributed by atoms with E-state index in [1.54, 1.807) is 6.92 Å². The van der Waals surface area contributed by atoms with Gasteiger partial charge in [0, 0.05) is 18.2 Å². The van der Waals surface area contributed by atoms with E-state index in [9.17, 15) is 31.5 Å². The SMILES string of the molecule is CCC(=O)Nc1cc(C(=O)N[C@H](C)c2cccc(OC(F)(F)C(F)(F)F)c2)ccn1.